The average molecular weight is 429 g/mol. The number of carbonyl (C=O) groups excluding carboxylic acids is 1. The van der Waals surface area contributed by atoms with Crippen LogP contribution in [0.1, 0.15) is 70.4 Å². The molecule has 3 unspecified atom stereocenters. The third-order valence-corrected chi connectivity index (χ3v) is 10.3. The summed E-state index contributed by atoms with van der Waals surface area (Å²) < 4.78 is 0. The summed E-state index contributed by atoms with van der Waals surface area (Å²) in [7, 11) is 0. The summed E-state index contributed by atoms with van der Waals surface area (Å²) >= 11 is 0.790. The first-order valence-corrected chi connectivity index (χ1v) is 12.3. The molecule has 1 amide bonds. The number of fused-ring (bicyclic) bond motifs is 5. The summed E-state index contributed by atoms with van der Waals surface area (Å²) in [5.41, 5.74) is 1.55. The normalized spacial score (nSPS) is 45.1. The Kier molecular flexibility index (Phi) is 4.92. The highest BCUT2D eigenvalue weighted by molar-refractivity contribution is 8.14. The smallest absolute Gasteiger partial charge is 0.365 e. The molecule has 1 aromatic rings. The lowest BCUT2D eigenvalue weighted by Gasteiger charge is -2.60. The number of rotatable bonds is 2. The molecule has 0 bridgehead atoms. The maximum atomic E-state index is 12.5. The molecular formula is C24H32N2O3S. The highest BCUT2D eigenvalue weighted by Crippen LogP contribution is 2.67. The van der Waals surface area contributed by atoms with Crippen LogP contribution < -0.4 is 5.32 Å². The van der Waals surface area contributed by atoms with Gasteiger partial charge in [0.05, 0.1) is 5.25 Å². The van der Waals surface area contributed by atoms with Crippen LogP contribution in [0.4, 0.5) is 4.79 Å². The van der Waals surface area contributed by atoms with Crippen LogP contribution in [0.3, 0.4) is 0 Å². The van der Waals surface area contributed by atoms with Crippen LogP contribution in [0.25, 0.3) is 0 Å². The van der Waals surface area contributed by atoms with Crippen molar-refractivity contribution >= 4 is 23.0 Å². The Hall–Kier alpha value is -1.56. The SMILES string of the molecule is C[C@]12CC(SC(=O)O)C(=O)NC1CC[C@@H]1[C@H]2CC[C@]2(C)C(c3ccccn3)CC[C@@H]12. The molecule has 1 aliphatic heterocycles. The van der Waals surface area contributed by atoms with Crippen molar-refractivity contribution in [3.8, 4) is 0 Å². The first-order chi connectivity index (χ1) is 14.3. The minimum absolute atomic E-state index is 0.00560. The van der Waals surface area contributed by atoms with Crippen molar-refractivity contribution in [2.75, 3.05) is 0 Å². The summed E-state index contributed by atoms with van der Waals surface area (Å²) in [6.07, 6.45) is 9.67. The van der Waals surface area contributed by atoms with E-state index < -0.39 is 10.6 Å². The summed E-state index contributed by atoms with van der Waals surface area (Å²) in [5.74, 6) is 2.39. The van der Waals surface area contributed by atoms with Gasteiger partial charge in [0.25, 0.3) is 0 Å². The van der Waals surface area contributed by atoms with E-state index in [4.69, 9.17) is 4.98 Å². The largest absolute Gasteiger partial charge is 0.473 e. The lowest BCUT2D eigenvalue weighted by Crippen LogP contribution is -2.63. The van der Waals surface area contributed by atoms with E-state index in [0.29, 0.717) is 35.5 Å². The Bertz CT molecular complexity index is 848. The number of carbonyl (C=O) groups is 2. The molecule has 4 fully saturated rings. The van der Waals surface area contributed by atoms with Crippen molar-refractivity contribution in [3.05, 3.63) is 30.1 Å². The van der Waals surface area contributed by atoms with Gasteiger partial charge >= 0.3 is 5.30 Å². The Balaban J connectivity index is 1.42. The van der Waals surface area contributed by atoms with E-state index in [1.807, 2.05) is 12.3 Å². The maximum Gasteiger partial charge on any atom is 0.365 e. The molecule has 30 heavy (non-hydrogen) atoms. The number of nitrogens with zero attached hydrogens (tertiary/aromatic N) is 1. The molecule has 5 rings (SSSR count). The second-order valence-electron chi connectivity index (χ2n) is 10.5. The zero-order valence-corrected chi connectivity index (χ0v) is 18.7. The van der Waals surface area contributed by atoms with Gasteiger partial charge in [0.2, 0.25) is 5.91 Å². The average Bonchev–Trinajstić information content (AvgIpc) is 3.06. The van der Waals surface area contributed by atoms with E-state index in [1.54, 1.807) is 0 Å². The van der Waals surface area contributed by atoms with Crippen molar-refractivity contribution in [3.63, 3.8) is 0 Å². The van der Waals surface area contributed by atoms with Crippen LogP contribution in [0.15, 0.2) is 24.4 Å². The van der Waals surface area contributed by atoms with Gasteiger partial charge in [-0.2, -0.15) is 0 Å². The van der Waals surface area contributed by atoms with Gasteiger partial charge < -0.3 is 10.4 Å². The number of carboxylic acid groups (broad SMARTS) is 1. The second-order valence-corrected chi connectivity index (χ2v) is 11.7. The molecular weight excluding hydrogens is 396 g/mol. The molecule has 0 spiro atoms. The Morgan fingerprint density at radius 3 is 2.67 bits per heavy atom. The molecule has 0 aromatic carbocycles. The number of amides is 1. The lowest BCUT2D eigenvalue weighted by atomic mass is 9.47. The summed E-state index contributed by atoms with van der Waals surface area (Å²) in [6, 6.07) is 6.50. The number of thioether (sulfide) groups is 1. The molecule has 3 aliphatic carbocycles. The van der Waals surface area contributed by atoms with Crippen LogP contribution in [-0.4, -0.2) is 32.6 Å². The van der Waals surface area contributed by atoms with Gasteiger partial charge in [-0.25, -0.2) is 4.79 Å². The number of piperidine rings is 1. The number of aromatic nitrogens is 1. The third kappa shape index (κ3) is 3.01. The molecule has 5 nitrogen and oxygen atoms in total. The fourth-order valence-corrected chi connectivity index (χ4v) is 8.89. The van der Waals surface area contributed by atoms with Crippen LogP contribution in [0.5, 0.6) is 0 Å². The number of pyridine rings is 1. The van der Waals surface area contributed by atoms with Crippen molar-refractivity contribution in [1.82, 2.24) is 10.3 Å². The molecule has 2 heterocycles. The lowest BCUT2D eigenvalue weighted by molar-refractivity contribution is -0.135. The zero-order chi connectivity index (χ0) is 21.1. The maximum absolute atomic E-state index is 12.5. The minimum atomic E-state index is -0.949. The van der Waals surface area contributed by atoms with Crippen molar-refractivity contribution in [1.29, 1.82) is 0 Å². The Morgan fingerprint density at radius 2 is 1.93 bits per heavy atom. The molecule has 2 N–H and O–H groups in total. The monoisotopic (exact) mass is 428 g/mol. The Morgan fingerprint density at radius 1 is 1.13 bits per heavy atom. The van der Waals surface area contributed by atoms with Gasteiger partial charge in [0, 0.05) is 23.9 Å². The zero-order valence-electron chi connectivity index (χ0n) is 17.8. The molecule has 6 heteroatoms. The van der Waals surface area contributed by atoms with E-state index in [1.165, 1.54) is 37.8 Å². The predicted octanol–water partition coefficient (Wildman–Crippen LogP) is 5.08. The third-order valence-electron chi connectivity index (χ3n) is 9.39. The Labute approximate surface area is 182 Å². The number of hydrogen-bond acceptors (Lipinski definition) is 4. The van der Waals surface area contributed by atoms with Crippen LogP contribution in [0, 0.1) is 28.6 Å². The topological polar surface area (TPSA) is 79.3 Å². The van der Waals surface area contributed by atoms with Gasteiger partial charge in [-0.1, -0.05) is 19.9 Å². The molecule has 0 radical (unpaired) electrons. The first kappa shape index (κ1) is 20.3. The van der Waals surface area contributed by atoms with E-state index in [-0.39, 0.29) is 17.4 Å². The van der Waals surface area contributed by atoms with Crippen molar-refractivity contribution < 1.29 is 14.7 Å². The molecule has 3 saturated carbocycles. The minimum Gasteiger partial charge on any atom is -0.473 e. The van der Waals surface area contributed by atoms with Crippen molar-refractivity contribution in [2.24, 2.45) is 28.6 Å². The van der Waals surface area contributed by atoms with Gasteiger partial charge in [-0.15, -0.1) is 0 Å². The molecule has 4 aliphatic rings. The number of hydrogen-bond donors (Lipinski definition) is 2. The van der Waals surface area contributed by atoms with Gasteiger partial charge in [0.1, 0.15) is 0 Å². The fraction of sp³-hybridized carbons (Fsp3) is 0.708. The van der Waals surface area contributed by atoms with Crippen LogP contribution >= 0.6 is 11.8 Å². The standard InChI is InChI=1S/C24H32N2O3S/c1-23-11-10-16-14(15(23)7-8-17(23)18-5-3-4-12-25-18)6-9-20-24(16,2)13-19(21(27)26-20)30-22(28)29/h3-5,12,14-17,19-20H,6-11,13H2,1-2H3,(H,26,27)(H,28,29)/t14-,15-,16+,17?,19?,20?,23-,24+/m0/s1. The highest BCUT2D eigenvalue weighted by atomic mass is 32.2. The van der Waals surface area contributed by atoms with E-state index >= 15 is 0 Å². The van der Waals surface area contributed by atoms with Gasteiger partial charge in [-0.05, 0) is 97.4 Å². The van der Waals surface area contributed by atoms with Crippen LogP contribution in [0.2, 0.25) is 0 Å². The van der Waals surface area contributed by atoms with Gasteiger partial charge in [0.15, 0.2) is 0 Å². The molecule has 1 aromatic heterocycles. The summed E-state index contributed by atoms with van der Waals surface area (Å²) in [5, 5.41) is 11.1. The summed E-state index contributed by atoms with van der Waals surface area (Å²) in [4.78, 5) is 28.5. The quantitative estimate of drug-likeness (QED) is 0.687. The predicted molar refractivity (Wildman–Crippen MR) is 117 cm³/mol. The number of nitrogens with one attached hydrogen (secondary N) is 1. The van der Waals surface area contributed by atoms with E-state index in [2.05, 4.69) is 31.3 Å². The summed E-state index contributed by atoms with van der Waals surface area (Å²) in [6.45, 7) is 4.83. The van der Waals surface area contributed by atoms with Gasteiger partial charge in [-0.3, -0.25) is 9.78 Å². The van der Waals surface area contributed by atoms with E-state index in [0.717, 1.165) is 18.2 Å². The molecule has 1 saturated heterocycles. The first-order valence-electron chi connectivity index (χ1n) is 11.4. The van der Waals surface area contributed by atoms with Crippen molar-refractivity contribution in [2.45, 2.75) is 76.0 Å². The highest BCUT2D eigenvalue weighted by Gasteiger charge is 2.61. The molecule has 162 valence electrons. The van der Waals surface area contributed by atoms with E-state index in [9.17, 15) is 14.7 Å². The second kappa shape index (κ2) is 7.25. The fourth-order valence-electron chi connectivity index (χ4n) is 8.03. The molecule has 8 atom stereocenters. The van der Waals surface area contributed by atoms with Crippen LogP contribution in [-0.2, 0) is 4.79 Å².